The molecule has 0 unspecified atom stereocenters. The quantitative estimate of drug-likeness (QED) is 0.498. The molecule has 1 nitrogen and oxygen atoms in total. The lowest BCUT2D eigenvalue weighted by Gasteiger charge is -2.29. The maximum Gasteiger partial charge on any atom is 0.141 e. The Balaban J connectivity index is 1.75. The molecule has 2 atom stereocenters. The summed E-state index contributed by atoms with van der Waals surface area (Å²) in [5.41, 5.74) is 3.62. The van der Waals surface area contributed by atoms with Gasteiger partial charge in [0, 0.05) is 0 Å². The van der Waals surface area contributed by atoms with E-state index >= 15 is 0 Å². The van der Waals surface area contributed by atoms with Gasteiger partial charge in [-0.1, -0.05) is 43.7 Å². The van der Waals surface area contributed by atoms with Gasteiger partial charge in [0.05, 0.1) is 5.56 Å². The molecule has 1 aliphatic carbocycles. The summed E-state index contributed by atoms with van der Waals surface area (Å²) in [6.07, 6.45) is 2.86. The molecule has 136 valence electrons. The number of alkyl halides is 1. The van der Waals surface area contributed by atoms with Gasteiger partial charge in [0.25, 0.3) is 0 Å². The summed E-state index contributed by atoms with van der Waals surface area (Å²) >= 11 is 0. The van der Waals surface area contributed by atoms with Crippen molar-refractivity contribution in [3.8, 4) is 17.2 Å². The maximum absolute atomic E-state index is 14.9. The van der Waals surface area contributed by atoms with E-state index < -0.39 is 12.0 Å². The lowest BCUT2D eigenvalue weighted by molar-refractivity contribution is 0.195. The first kappa shape index (κ1) is 17.7. The molecule has 0 amide bonds. The predicted molar refractivity (Wildman–Crippen MR) is 105 cm³/mol. The van der Waals surface area contributed by atoms with Crippen molar-refractivity contribution in [2.75, 3.05) is 0 Å². The number of fused-ring (bicyclic) bond motifs is 3. The van der Waals surface area contributed by atoms with Crippen molar-refractivity contribution in [1.82, 2.24) is 0 Å². The fourth-order valence-electron chi connectivity index (χ4n) is 4.30. The number of hydrogen-bond acceptors (Lipinski definition) is 1. The average molecular weight is 361 g/mol. The van der Waals surface area contributed by atoms with Gasteiger partial charge < -0.3 is 0 Å². The third kappa shape index (κ3) is 3.10. The molecular weight excluding hydrogens is 340 g/mol. The zero-order valence-corrected chi connectivity index (χ0v) is 15.3. The molecule has 0 heterocycles. The molecule has 0 radical (unpaired) electrons. The Morgan fingerprint density at radius 1 is 1.07 bits per heavy atom. The van der Waals surface area contributed by atoms with Crippen LogP contribution >= 0.6 is 0 Å². The van der Waals surface area contributed by atoms with Crippen LogP contribution in [0.2, 0.25) is 0 Å². The van der Waals surface area contributed by atoms with Gasteiger partial charge >= 0.3 is 0 Å². The molecule has 0 fully saturated rings. The molecule has 0 aliphatic heterocycles. The zero-order chi connectivity index (χ0) is 19.0. The van der Waals surface area contributed by atoms with Crippen LogP contribution in [0, 0.1) is 23.1 Å². The van der Waals surface area contributed by atoms with Crippen LogP contribution in [0.4, 0.5) is 8.78 Å². The number of hydrogen-bond donors (Lipinski definition) is 0. The average Bonchev–Trinajstić information content (AvgIpc) is 2.69. The highest BCUT2D eigenvalue weighted by atomic mass is 19.1. The fourth-order valence-corrected chi connectivity index (χ4v) is 4.30. The van der Waals surface area contributed by atoms with Gasteiger partial charge in [0.2, 0.25) is 0 Å². The first-order valence-corrected chi connectivity index (χ1v) is 9.52. The van der Waals surface area contributed by atoms with Crippen LogP contribution in [0.1, 0.15) is 49.0 Å². The topological polar surface area (TPSA) is 23.8 Å². The Morgan fingerprint density at radius 3 is 2.59 bits per heavy atom. The number of rotatable bonds is 3. The Bertz CT molecular complexity index is 1050. The van der Waals surface area contributed by atoms with E-state index in [0.717, 1.165) is 58.7 Å². The van der Waals surface area contributed by atoms with Crippen molar-refractivity contribution < 1.29 is 8.78 Å². The first-order valence-electron chi connectivity index (χ1n) is 9.52. The SMILES string of the molecule is CCC[C@@H]1CCc2c(ccc3cc(-c4ccc(C#N)c(F)c4)ccc23)[C@H]1F. The zero-order valence-electron chi connectivity index (χ0n) is 15.3. The highest BCUT2D eigenvalue weighted by Gasteiger charge is 2.29. The molecule has 27 heavy (non-hydrogen) atoms. The molecule has 3 aromatic carbocycles. The molecule has 4 rings (SSSR count). The monoisotopic (exact) mass is 361 g/mol. The lowest BCUT2D eigenvalue weighted by atomic mass is 9.78. The summed E-state index contributed by atoms with van der Waals surface area (Å²) in [4.78, 5) is 0. The maximum atomic E-state index is 14.9. The molecule has 3 aromatic rings. The molecule has 0 saturated heterocycles. The first-order chi connectivity index (χ1) is 13.1. The van der Waals surface area contributed by atoms with Crippen LogP contribution in [0.15, 0.2) is 48.5 Å². The third-order valence-electron chi connectivity index (χ3n) is 5.73. The molecule has 0 spiro atoms. The summed E-state index contributed by atoms with van der Waals surface area (Å²) in [5.74, 6) is -0.386. The molecule has 1 aliphatic rings. The van der Waals surface area contributed by atoms with Crippen LogP contribution in [0.5, 0.6) is 0 Å². The van der Waals surface area contributed by atoms with Crippen LogP contribution in [-0.4, -0.2) is 0 Å². The van der Waals surface area contributed by atoms with Gasteiger partial charge in [-0.05, 0) is 76.4 Å². The minimum absolute atomic E-state index is 0.0456. The lowest BCUT2D eigenvalue weighted by Crippen LogP contribution is -2.17. The van der Waals surface area contributed by atoms with Crippen LogP contribution in [0.3, 0.4) is 0 Å². The van der Waals surface area contributed by atoms with E-state index in [1.807, 2.05) is 36.4 Å². The third-order valence-corrected chi connectivity index (χ3v) is 5.73. The van der Waals surface area contributed by atoms with Crippen molar-refractivity contribution in [3.63, 3.8) is 0 Å². The minimum atomic E-state index is -0.884. The number of aryl methyl sites for hydroxylation is 1. The number of nitriles is 1. The largest absolute Gasteiger partial charge is 0.242 e. The summed E-state index contributed by atoms with van der Waals surface area (Å²) in [7, 11) is 0. The van der Waals surface area contributed by atoms with Crippen LogP contribution in [-0.2, 0) is 6.42 Å². The van der Waals surface area contributed by atoms with E-state index in [2.05, 4.69) is 6.92 Å². The number of nitrogens with zero attached hydrogens (tertiary/aromatic N) is 1. The molecule has 0 saturated carbocycles. The number of halogens is 2. The predicted octanol–water partition coefficient (Wildman–Crippen LogP) is 6.89. The van der Waals surface area contributed by atoms with Gasteiger partial charge in [-0.2, -0.15) is 5.26 Å². The summed E-state index contributed by atoms with van der Waals surface area (Å²) in [6, 6.07) is 16.4. The highest BCUT2D eigenvalue weighted by Crippen LogP contribution is 2.42. The van der Waals surface area contributed by atoms with Crippen molar-refractivity contribution in [3.05, 3.63) is 71.0 Å². The van der Waals surface area contributed by atoms with Crippen molar-refractivity contribution in [2.45, 2.75) is 38.8 Å². The van der Waals surface area contributed by atoms with Gasteiger partial charge in [-0.15, -0.1) is 0 Å². The molecule has 0 aromatic heterocycles. The molecular formula is C24H21F2N. The van der Waals surface area contributed by atoms with E-state index in [0.29, 0.717) is 0 Å². The Hall–Kier alpha value is -2.73. The smallest absolute Gasteiger partial charge is 0.141 e. The second-order valence-corrected chi connectivity index (χ2v) is 7.36. The van der Waals surface area contributed by atoms with Gasteiger partial charge in [0.1, 0.15) is 18.1 Å². The van der Waals surface area contributed by atoms with E-state index in [1.54, 1.807) is 6.07 Å². The van der Waals surface area contributed by atoms with E-state index in [4.69, 9.17) is 5.26 Å². The normalized spacial score (nSPS) is 18.9. The Labute approximate surface area is 158 Å². The fraction of sp³-hybridized carbons (Fsp3) is 0.292. The summed E-state index contributed by atoms with van der Waals surface area (Å²) in [6.45, 7) is 2.11. The summed E-state index contributed by atoms with van der Waals surface area (Å²) < 4.78 is 28.9. The molecule has 0 N–H and O–H groups in total. The highest BCUT2D eigenvalue weighted by molar-refractivity contribution is 5.91. The van der Waals surface area contributed by atoms with E-state index in [-0.39, 0.29) is 11.5 Å². The molecule has 3 heteroatoms. The number of benzene rings is 3. The van der Waals surface area contributed by atoms with Crippen molar-refractivity contribution in [1.29, 1.82) is 5.26 Å². The molecule has 0 bridgehead atoms. The second-order valence-electron chi connectivity index (χ2n) is 7.36. The Kier molecular flexibility index (Phi) is 4.66. The minimum Gasteiger partial charge on any atom is -0.242 e. The summed E-state index contributed by atoms with van der Waals surface area (Å²) in [5, 5.41) is 11.0. The van der Waals surface area contributed by atoms with Crippen molar-refractivity contribution in [2.24, 2.45) is 5.92 Å². The van der Waals surface area contributed by atoms with Crippen LogP contribution in [0.25, 0.3) is 21.9 Å². The van der Waals surface area contributed by atoms with Gasteiger partial charge in [0.15, 0.2) is 0 Å². The van der Waals surface area contributed by atoms with Crippen LogP contribution < -0.4 is 0 Å². The Morgan fingerprint density at radius 2 is 1.85 bits per heavy atom. The second kappa shape index (κ2) is 7.12. The van der Waals surface area contributed by atoms with E-state index in [1.165, 1.54) is 12.1 Å². The standard InChI is InChI=1S/C24H21F2N/c1-2-3-15-6-10-21-20-9-7-16(12-18(20)8-11-22(21)24(15)26)17-4-5-19(14-27)23(25)13-17/h4-5,7-9,11-13,15,24H,2-3,6,10H2,1H3/t15-,24+/m1/s1. The van der Waals surface area contributed by atoms with Gasteiger partial charge in [-0.3, -0.25) is 0 Å². The van der Waals surface area contributed by atoms with Crippen molar-refractivity contribution >= 4 is 10.8 Å². The van der Waals surface area contributed by atoms with E-state index in [9.17, 15) is 8.78 Å². The van der Waals surface area contributed by atoms with Gasteiger partial charge in [-0.25, -0.2) is 8.78 Å².